The molecule has 2 aromatic carbocycles. The summed E-state index contributed by atoms with van der Waals surface area (Å²) in [7, 11) is 0. The van der Waals surface area contributed by atoms with Crippen molar-refractivity contribution in [2.75, 3.05) is 6.67 Å². The molecule has 2 N–H and O–H groups in total. The molecule has 0 saturated heterocycles. The maximum absolute atomic E-state index is 10.0. The van der Waals surface area contributed by atoms with Crippen molar-refractivity contribution in [3.8, 4) is 11.5 Å². The number of hydrogen-bond donors (Lipinski definition) is 2. The van der Waals surface area contributed by atoms with E-state index in [1.54, 1.807) is 24.6 Å². The Kier molecular flexibility index (Phi) is 18.5. The number of hydrogen-bond acceptors (Lipinski definition) is 8. The van der Waals surface area contributed by atoms with E-state index in [0.717, 1.165) is 26.7 Å². The van der Waals surface area contributed by atoms with E-state index in [1.807, 2.05) is 24.3 Å². The number of carboxylic acid groups (broad SMARTS) is 2. The zero-order valence-corrected chi connectivity index (χ0v) is 22.7. The van der Waals surface area contributed by atoms with Crippen LogP contribution in [0.3, 0.4) is 0 Å². The molecule has 2 rings (SSSR count). The first-order valence-electron chi connectivity index (χ1n) is 11.4. The SMILES string of the molecule is CC(=O)[O-].CC(=O)[O-].CCC(C)c1ccc(O)c(C=NCN=Cc2cc(C(C)CC)ccc2O)c1.[Co+2]. The van der Waals surface area contributed by atoms with Crippen LogP contribution < -0.4 is 10.2 Å². The van der Waals surface area contributed by atoms with E-state index in [9.17, 15) is 10.2 Å². The fraction of sp³-hybridized carbons (Fsp3) is 0.407. The van der Waals surface area contributed by atoms with E-state index in [1.165, 1.54) is 11.1 Å². The minimum absolute atomic E-state index is 0. The molecule has 0 amide bonds. The van der Waals surface area contributed by atoms with E-state index >= 15 is 0 Å². The number of carbonyl (C=O) groups is 2. The van der Waals surface area contributed by atoms with Crippen LogP contribution in [0.15, 0.2) is 46.4 Å². The van der Waals surface area contributed by atoms with Crippen molar-refractivity contribution < 1.29 is 46.8 Å². The average molecular weight is 544 g/mol. The number of phenolic OH excluding ortho intramolecular Hbond substituents is 2. The normalized spacial score (nSPS) is 11.9. The largest absolute Gasteiger partial charge is 2.00 e. The van der Waals surface area contributed by atoms with E-state index in [-0.39, 0.29) is 34.9 Å². The summed E-state index contributed by atoms with van der Waals surface area (Å²) in [6, 6.07) is 11.3. The molecule has 2 aromatic rings. The summed E-state index contributed by atoms with van der Waals surface area (Å²) in [5, 5.41) is 37.8. The Morgan fingerprint density at radius 2 is 1.11 bits per heavy atom. The molecule has 36 heavy (non-hydrogen) atoms. The van der Waals surface area contributed by atoms with Gasteiger partial charge in [0, 0.05) is 35.5 Å². The van der Waals surface area contributed by atoms with Gasteiger partial charge >= 0.3 is 16.8 Å². The van der Waals surface area contributed by atoms with Gasteiger partial charge < -0.3 is 30.0 Å². The summed E-state index contributed by atoms with van der Waals surface area (Å²) in [6.07, 6.45) is 5.39. The van der Waals surface area contributed by atoms with Crippen LogP contribution in [0.5, 0.6) is 11.5 Å². The van der Waals surface area contributed by atoms with E-state index in [4.69, 9.17) is 19.8 Å². The second-order valence-corrected chi connectivity index (χ2v) is 8.00. The molecule has 0 aliphatic heterocycles. The van der Waals surface area contributed by atoms with Crippen molar-refractivity contribution in [2.24, 2.45) is 9.98 Å². The Hall–Kier alpha value is -3.17. The molecule has 2 unspecified atom stereocenters. The quantitative estimate of drug-likeness (QED) is 0.490. The molecule has 0 aromatic heterocycles. The van der Waals surface area contributed by atoms with Gasteiger partial charge in [-0.15, -0.1) is 0 Å². The van der Waals surface area contributed by atoms with Crippen LogP contribution in [0.2, 0.25) is 0 Å². The molecule has 2 atom stereocenters. The molecule has 0 aliphatic rings. The monoisotopic (exact) mass is 543 g/mol. The minimum atomic E-state index is -1.08. The van der Waals surface area contributed by atoms with Crippen molar-refractivity contribution in [1.29, 1.82) is 0 Å². The van der Waals surface area contributed by atoms with Crippen molar-refractivity contribution in [3.05, 3.63) is 58.7 Å². The van der Waals surface area contributed by atoms with Gasteiger partial charge in [-0.3, -0.25) is 9.98 Å². The number of carboxylic acids is 2. The predicted molar refractivity (Wildman–Crippen MR) is 135 cm³/mol. The van der Waals surface area contributed by atoms with Gasteiger partial charge in [-0.25, -0.2) is 0 Å². The summed E-state index contributed by atoms with van der Waals surface area (Å²) >= 11 is 0. The second-order valence-electron chi connectivity index (χ2n) is 8.00. The standard InChI is InChI=1S/C23H30N2O2.2C2H4O2.Co/c1-5-16(3)18-7-9-22(26)20(11-18)13-24-15-25-14-21-12-19(17(4)6-2)8-10-23(21)27;2*1-2(3)4;/h7-14,16-17,26-27H,5-6,15H2,1-4H3;2*1H3,(H,3,4);/q;;;+2/p-2. The Morgan fingerprint density at radius 3 is 1.39 bits per heavy atom. The van der Waals surface area contributed by atoms with Crippen LogP contribution in [0.4, 0.5) is 0 Å². The number of phenols is 2. The molecular weight excluding hydrogens is 507 g/mol. The smallest absolute Gasteiger partial charge is 0.550 e. The van der Waals surface area contributed by atoms with Crippen LogP contribution in [-0.4, -0.2) is 41.2 Å². The van der Waals surface area contributed by atoms with Gasteiger partial charge in [-0.1, -0.05) is 39.8 Å². The maximum Gasteiger partial charge on any atom is 2.00 e. The topological polar surface area (TPSA) is 145 Å². The number of aliphatic imine (C=N–C) groups is 2. The average Bonchev–Trinajstić information content (AvgIpc) is 2.79. The molecule has 199 valence electrons. The molecule has 0 fully saturated rings. The number of nitrogens with zero attached hydrogens (tertiary/aromatic N) is 2. The van der Waals surface area contributed by atoms with Gasteiger partial charge in [0.05, 0.1) is 0 Å². The fourth-order valence-electron chi connectivity index (χ4n) is 2.76. The third kappa shape index (κ3) is 15.0. The van der Waals surface area contributed by atoms with Gasteiger partial charge in [0.25, 0.3) is 0 Å². The molecule has 0 saturated carbocycles. The van der Waals surface area contributed by atoms with Gasteiger partial charge in [-0.2, -0.15) is 0 Å². The molecule has 0 bridgehead atoms. The van der Waals surface area contributed by atoms with Crippen LogP contribution in [0.25, 0.3) is 0 Å². The third-order valence-corrected chi connectivity index (χ3v) is 5.09. The first kappa shape index (κ1) is 35.0. The molecule has 0 aliphatic carbocycles. The van der Waals surface area contributed by atoms with Crippen molar-refractivity contribution in [3.63, 3.8) is 0 Å². The molecule has 1 radical (unpaired) electrons. The summed E-state index contributed by atoms with van der Waals surface area (Å²) in [4.78, 5) is 26.3. The third-order valence-electron chi connectivity index (χ3n) is 5.09. The van der Waals surface area contributed by atoms with Crippen LogP contribution in [0, 0.1) is 0 Å². The van der Waals surface area contributed by atoms with Crippen LogP contribution >= 0.6 is 0 Å². The minimum Gasteiger partial charge on any atom is -0.550 e. The van der Waals surface area contributed by atoms with Gasteiger partial charge in [0.2, 0.25) is 0 Å². The van der Waals surface area contributed by atoms with Crippen molar-refractivity contribution in [1.82, 2.24) is 0 Å². The van der Waals surface area contributed by atoms with Crippen molar-refractivity contribution in [2.45, 2.75) is 66.2 Å². The number of aromatic hydroxyl groups is 2. The first-order valence-corrected chi connectivity index (χ1v) is 11.4. The van der Waals surface area contributed by atoms with Crippen molar-refractivity contribution >= 4 is 24.4 Å². The Balaban J connectivity index is 0. The number of benzene rings is 2. The first-order chi connectivity index (χ1) is 16.4. The van der Waals surface area contributed by atoms with E-state index in [2.05, 4.69) is 37.7 Å². The van der Waals surface area contributed by atoms with E-state index < -0.39 is 11.9 Å². The van der Waals surface area contributed by atoms with Crippen LogP contribution in [0.1, 0.15) is 88.5 Å². The Labute approximate surface area is 224 Å². The molecule has 0 spiro atoms. The summed E-state index contributed by atoms with van der Waals surface area (Å²) in [6.45, 7) is 10.8. The maximum atomic E-state index is 10.0. The van der Waals surface area contributed by atoms with Gasteiger partial charge in [0.1, 0.15) is 18.2 Å². The van der Waals surface area contributed by atoms with Gasteiger partial charge in [-0.05, 0) is 73.9 Å². The predicted octanol–water partition coefficient (Wildman–Crippen LogP) is 3.13. The number of aliphatic carboxylic acids is 2. The molecular formula is C27H36CoN2O6. The van der Waals surface area contributed by atoms with Crippen LogP contribution in [-0.2, 0) is 26.4 Å². The Bertz CT molecular complexity index is 920. The number of rotatable bonds is 8. The number of carbonyl (C=O) groups excluding carboxylic acids is 2. The molecule has 8 nitrogen and oxygen atoms in total. The summed E-state index contributed by atoms with van der Waals surface area (Å²) < 4.78 is 0. The molecule has 9 heteroatoms. The summed E-state index contributed by atoms with van der Waals surface area (Å²) in [5.41, 5.74) is 3.77. The zero-order chi connectivity index (χ0) is 27.0. The fourth-order valence-corrected chi connectivity index (χ4v) is 2.76. The molecule has 0 heterocycles. The Morgan fingerprint density at radius 1 is 0.806 bits per heavy atom. The van der Waals surface area contributed by atoms with E-state index in [0.29, 0.717) is 23.0 Å². The summed E-state index contributed by atoms with van der Waals surface area (Å²) in [5.74, 6) is -0.851. The second kappa shape index (κ2) is 19.1. The van der Waals surface area contributed by atoms with Gasteiger partial charge in [0.15, 0.2) is 0 Å². The zero-order valence-electron chi connectivity index (χ0n) is 21.7.